The lowest BCUT2D eigenvalue weighted by molar-refractivity contribution is 0.00578. The van der Waals surface area contributed by atoms with E-state index >= 15 is 0 Å². The van der Waals surface area contributed by atoms with Crippen LogP contribution in [0.2, 0.25) is 0 Å². The van der Waals surface area contributed by atoms with Gasteiger partial charge in [-0.05, 0) is 58.0 Å². The van der Waals surface area contributed by atoms with Crippen LogP contribution in [0, 0.1) is 0 Å². The summed E-state index contributed by atoms with van der Waals surface area (Å²) in [5.41, 5.74) is 0.203. The summed E-state index contributed by atoms with van der Waals surface area (Å²) >= 11 is 0. The molecule has 0 unspecified atom stereocenters. The predicted octanol–water partition coefficient (Wildman–Crippen LogP) is 3.36. The molecular formula is C24H26B2O2P+. The summed E-state index contributed by atoms with van der Waals surface area (Å²) in [5, 5.41) is 3.36. The fourth-order valence-corrected chi connectivity index (χ4v) is 6.78. The van der Waals surface area contributed by atoms with Crippen LogP contribution in [0.15, 0.2) is 84.9 Å². The lowest BCUT2D eigenvalue weighted by Gasteiger charge is -2.32. The van der Waals surface area contributed by atoms with Crippen molar-refractivity contribution >= 4 is 43.2 Å². The van der Waals surface area contributed by atoms with Crippen molar-refractivity contribution in [3.05, 3.63) is 84.9 Å². The van der Waals surface area contributed by atoms with Gasteiger partial charge >= 0.3 is 14.7 Å². The maximum atomic E-state index is 7.37. The first-order chi connectivity index (χ1) is 13.8. The Morgan fingerprint density at radius 2 is 1.07 bits per heavy atom. The smallest absolute Gasteiger partial charge is 0.399 e. The van der Waals surface area contributed by atoms with Gasteiger partial charge in [-0.3, -0.25) is 0 Å². The van der Waals surface area contributed by atoms with Crippen LogP contribution in [0.4, 0.5) is 0 Å². The molecule has 2 nitrogen and oxygen atoms in total. The van der Waals surface area contributed by atoms with Gasteiger partial charge in [0.1, 0.15) is 0 Å². The molecule has 0 N–H and O–H groups in total. The highest BCUT2D eigenvalue weighted by Gasteiger charge is 2.54. The summed E-state index contributed by atoms with van der Waals surface area (Å²) in [6, 6.07) is 29.1. The van der Waals surface area contributed by atoms with Crippen molar-refractivity contribution in [1.82, 2.24) is 0 Å². The molecule has 1 heterocycles. The molecule has 1 aliphatic heterocycles. The van der Waals surface area contributed by atoms with Gasteiger partial charge in [-0.25, -0.2) is 0 Å². The third-order valence-corrected chi connectivity index (χ3v) is 9.54. The van der Waals surface area contributed by atoms with Crippen molar-refractivity contribution in [2.75, 3.05) is 0 Å². The van der Waals surface area contributed by atoms with Crippen molar-refractivity contribution in [2.45, 2.75) is 38.9 Å². The first-order valence-electron chi connectivity index (χ1n) is 10.00. The van der Waals surface area contributed by atoms with Gasteiger partial charge in [0.2, 0.25) is 0 Å². The van der Waals surface area contributed by atoms with Crippen molar-refractivity contribution in [3.63, 3.8) is 0 Å². The molecule has 0 aromatic heterocycles. The summed E-state index contributed by atoms with van der Waals surface area (Å²) in [5.74, 6) is 0. The largest absolute Gasteiger partial charge is 0.498 e. The molecule has 1 saturated heterocycles. The highest BCUT2D eigenvalue weighted by Crippen LogP contribution is 2.50. The number of rotatable bonds is 4. The van der Waals surface area contributed by atoms with Crippen LogP contribution in [-0.4, -0.2) is 25.9 Å². The summed E-state index contributed by atoms with van der Waals surface area (Å²) in [4.78, 5) is 0. The highest BCUT2D eigenvalue weighted by atomic mass is 31.2. The molecule has 3 aromatic rings. The zero-order valence-electron chi connectivity index (χ0n) is 17.5. The standard InChI is InChI=1S/C24H26B2O2P/c1-23(2)24(3,4)28-26(27-23)21-17-11-12-18-22(21)29(25,19-13-7-5-8-14-19)20-15-9-6-10-16-20/h5-18H,1-4H3/q+1. The molecule has 144 valence electrons. The Bertz CT molecular complexity index is 935. The van der Waals surface area contributed by atoms with E-state index in [2.05, 4.69) is 94.4 Å². The highest BCUT2D eigenvalue weighted by molar-refractivity contribution is 8.13. The minimum absolute atomic E-state index is 0.403. The quantitative estimate of drug-likeness (QED) is 0.495. The SMILES string of the molecule is [B][P+](c1ccccc1)(c1ccccc1)c1ccccc1B1OC(C)(C)C(C)(C)O1. The van der Waals surface area contributed by atoms with Crippen LogP contribution in [0.25, 0.3) is 0 Å². The van der Waals surface area contributed by atoms with Crippen molar-refractivity contribution < 1.29 is 9.31 Å². The van der Waals surface area contributed by atoms with E-state index in [0.29, 0.717) is 0 Å². The van der Waals surface area contributed by atoms with E-state index < -0.39 is 25.5 Å². The summed E-state index contributed by atoms with van der Waals surface area (Å²) in [6.07, 6.45) is 0. The van der Waals surface area contributed by atoms with Crippen LogP contribution < -0.4 is 21.4 Å². The normalized spacial score (nSPS) is 18.0. The van der Waals surface area contributed by atoms with E-state index in [4.69, 9.17) is 16.9 Å². The monoisotopic (exact) mass is 399 g/mol. The van der Waals surface area contributed by atoms with Crippen LogP contribution in [-0.2, 0) is 9.31 Å². The number of benzene rings is 3. The van der Waals surface area contributed by atoms with E-state index in [0.717, 1.165) is 21.4 Å². The Kier molecular flexibility index (Phi) is 5.23. The minimum atomic E-state index is -2.36. The Hall–Kier alpha value is -1.86. The number of hydrogen-bond donors (Lipinski definition) is 0. The van der Waals surface area contributed by atoms with Gasteiger partial charge in [0.05, 0.1) is 34.3 Å². The van der Waals surface area contributed by atoms with Crippen LogP contribution in [0.3, 0.4) is 0 Å². The van der Waals surface area contributed by atoms with Gasteiger partial charge in [0.15, 0.2) is 0 Å². The average Bonchev–Trinajstić information content (AvgIpc) is 2.96. The lowest BCUT2D eigenvalue weighted by Crippen LogP contribution is -2.47. The molecule has 0 amide bonds. The lowest BCUT2D eigenvalue weighted by atomic mass is 9.79. The van der Waals surface area contributed by atoms with Crippen LogP contribution in [0.5, 0.6) is 0 Å². The summed E-state index contributed by atoms with van der Waals surface area (Å²) in [6.45, 7) is 8.31. The molecule has 5 heteroatoms. The molecule has 1 aliphatic rings. The zero-order valence-corrected chi connectivity index (χ0v) is 18.4. The molecule has 0 spiro atoms. The molecule has 0 saturated carbocycles. The first kappa shape index (κ1) is 20.4. The van der Waals surface area contributed by atoms with Gasteiger partial charge in [-0.2, -0.15) is 0 Å². The van der Waals surface area contributed by atoms with Crippen molar-refractivity contribution in [2.24, 2.45) is 0 Å². The molecule has 0 aliphatic carbocycles. The van der Waals surface area contributed by atoms with Gasteiger partial charge in [-0.15, -0.1) is 0 Å². The van der Waals surface area contributed by atoms with Gasteiger partial charge in [0, 0.05) is 5.46 Å². The van der Waals surface area contributed by atoms with Gasteiger partial charge < -0.3 is 9.31 Å². The molecule has 3 aromatic carbocycles. The second-order valence-electron chi connectivity index (χ2n) is 8.54. The van der Waals surface area contributed by atoms with Gasteiger partial charge in [0.25, 0.3) is 0 Å². The maximum absolute atomic E-state index is 7.37. The minimum Gasteiger partial charge on any atom is -0.399 e. The Morgan fingerprint density at radius 3 is 1.55 bits per heavy atom. The average molecular weight is 399 g/mol. The third kappa shape index (κ3) is 3.48. The second-order valence-corrected chi connectivity index (χ2v) is 11.5. The van der Waals surface area contributed by atoms with Crippen LogP contribution in [0.1, 0.15) is 27.7 Å². The third-order valence-electron chi connectivity index (χ3n) is 6.15. The van der Waals surface area contributed by atoms with E-state index in [1.807, 2.05) is 18.2 Å². The summed E-state index contributed by atoms with van der Waals surface area (Å²) in [7, 11) is 4.55. The molecule has 2 radical (unpaired) electrons. The maximum Gasteiger partial charge on any atom is 0.498 e. The molecular weight excluding hydrogens is 373 g/mol. The fraction of sp³-hybridized carbons (Fsp3) is 0.250. The Labute approximate surface area is 176 Å². The summed E-state index contributed by atoms with van der Waals surface area (Å²) < 4.78 is 12.8. The van der Waals surface area contributed by atoms with E-state index in [9.17, 15) is 0 Å². The molecule has 1 fully saturated rings. The zero-order chi connectivity index (χ0) is 20.7. The first-order valence-corrected chi connectivity index (χ1v) is 11.9. The van der Waals surface area contributed by atoms with Crippen molar-refractivity contribution in [1.29, 1.82) is 0 Å². The number of hydrogen-bond acceptors (Lipinski definition) is 2. The van der Waals surface area contributed by atoms with Gasteiger partial charge in [-0.1, -0.05) is 54.6 Å². The Balaban J connectivity index is 1.91. The van der Waals surface area contributed by atoms with E-state index in [1.165, 1.54) is 0 Å². The molecule has 0 atom stereocenters. The van der Waals surface area contributed by atoms with Crippen LogP contribution >= 0.6 is 7.14 Å². The molecule has 0 bridgehead atoms. The second kappa shape index (κ2) is 7.43. The topological polar surface area (TPSA) is 18.5 Å². The van der Waals surface area contributed by atoms with Crippen molar-refractivity contribution in [3.8, 4) is 0 Å². The molecule has 4 rings (SSSR count). The Morgan fingerprint density at radius 1 is 0.655 bits per heavy atom. The fourth-order valence-electron chi connectivity index (χ4n) is 3.73. The van der Waals surface area contributed by atoms with E-state index in [1.54, 1.807) is 0 Å². The molecule has 29 heavy (non-hydrogen) atoms. The predicted molar refractivity (Wildman–Crippen MR) is 127 cm³/mol. The van der Waals surface area contributed by atoms with E-state index in [-0.39, 0.29) is 0 Å².